The predicted molar refractivity (Wildman–Crippen MR) is 53.8 cm³/mol. The van der Waals surface area contributed by atoms with Gasteiger partial charge in [-0.15, -0.1) is 10.6 Å². The molecule has 0 spiro atoms. The molecule has 0 aromatic heterocycles. The van der Waals surface area contributed by atoms with Crippen LogP contribution in [0, 0.1) is 5.92 Å². The predicted octanol–water partition coefficient (Wildman–Crippen LogP) is -0.158. The van der Waals surface area contributed by atoms with Crippen LogP contribution in [0.3, 0.4) is 0 Å². The van der Waals surface area contributed by atoms with Gasteiger partial charge in [0.25, 0.3) is 0 Å². The fourth-order valence-electron chi connectivity index (χ4n) is 1.17. The van der Waals surface area contributed by atoms with Gasteiger partial charge in [-0.3, -0.25) is 5.01 Å². The SMILES string of the molecule is CC(C)C1=NNNN1CCN(C)C. The summed E-state index contributed by atoms with van der Waals surface area (Å²) >= 11 is 0. The molecule has 1 aliphatic rings. The first-order chi connectivity index (χ1) is 6.11. The van der Waals surface area contributed by atoms with E-state index in [0.717, 1.165) is 18.9 Å². The first kappa shape index (κ1) is 10.3. The lowest BCUT2D eigenvalue weighted by atomic mass is 10.2. The number of nitrogens with one attached hydrogen (secondary N) is 2. The van der Waals surface area contributed by atoms with Gasteiger partial charge in [0.05, 0.1) is 6.54 Å². The van der Waals surface area contributed by atoms with Crippen LogP contribution in [0.1, 0.15) is 13.8 Å². The van der Waals surface area contributed by atoms with Crippen molar-refractivity contribution in [1.29, 1.82) is 0 Å². The Morgan fingerprint density at radius 3 is 2.69 bits per heavy atom. The summed E-state index contributed by atoms with van der Waals surface area (Å²) in [4.78, 5) is 2.15. The molecule has 0 saturated heterocycles. The standard InChI is InChI=1S/C8H19N5/c1-7(2)8-9-10-11-13(8)6-5-12(3)4/h7,10-11H,5-6H2,1-4H3. The van der Waals surface area contributed by atoms with Crippen LogP contribution < -0.4 is 11.1 Å². The van der Waals surface area contributed by atoms with E-state index in [0.29, 0.717) is 5.92 Å². The third-order valence-electron chi connectivity index (χ3n) is 1.92. The Kier molecular flexibility index (Phi) is 3.50. The lowest BCUT2D eigenvalue weighted by Gasteiger charge is -2.22. The highest BCUT2D eigenvalue weighted by atomic mass is 15.8. The molecule has 0 aromatic rings. The van der Waals surface area contributed by atoms with E-state index >= 15 is 0 Å². The molecular weight excluding hydrogens is 166 g/mol. The van der Waals surface area contributed by atoms with E-state index in [-0.39, 0.29) is 0 Å². The van der Waals surface area contributed by atoms with Crippen molar-refractivity contribution in [2.45, 2.75) is 13.8 Å². The largest absolute Gasteiger partial charge is 0.308 e. The number of hydrogen-bond donors (Lipinski definition) is 2. The van der Waals surface area contributed by atoms with Gasteiger partial charge in [-0.1, -0.05) is 13.8 Å². The van der Waals surface area contributed by atoms with E-state index in [4.69, 9.17) is 0 Å². The lowest BCUT2D eigenvalue weighted by molar-refractivity contribution is 0.253. The second-order valence-electron chi connectivity index (χ2n) is 3.80. The van der Waals surface area contributed by atoms with Crippen LogP contribution in [-0.4, -0.2) is 42.9 Å². The van der Waals surface area contributed by atoms with E-state index in [1.807, 2.05) is 5.01 Å². The van der Waals surface area contributed by atoms with Crippen LogP contribution in [0.4, 0.5) is 0 Å². The molecule has 0 fully saturated rings. The summed E-state index contributed by atoms with van der Waals surface area (Å²) < 4.78 is 0. The van der Waals surface area contributed by atoms with E-state index in [1.54, 1.807) is 0 Å². The van der Waals surface area contributed by atoms with Gasteiger partial charge in [0.2, 0.25) is 0 Å². The molecule has 0 unspecified atom stereocenters. The van der Waals surface area contributed by atoms with Crippen LogP contribution in [-0.2, 0) is 0 Å². The van der Waals surface area contributed by atoms with Gasteiger partial charge in [0.1, 0.15) is 5.84 Å². The topological polar surface area (TPSA) is 42.9 Å². The number of hydrazine groups is 2. The first-order valence-electron chi connectivity index (χ1n) is 4.61. The maximum Gasteiger partial charge on any atom is 0.144 e. The molecule has 0 radical (unpaired) electrons. The van der Waals surface area contributed by atoms with Crippen molar-refractivity contribution in [3.8, 4) is 0 Å². The zero-order valence-electron chi connectivity index (χ0n) is 8.83. The fourth-order valence-corrected chi connectivity index (χ4v) is 1.17. The number of likely N-dealkylation sites (N-methyl/N-ethyl adjacent to an activating group) is 1. The number of nitrogens with zero attached hydrogens (tertiary/aromatic N) is 3. The van der Waals surface area contributed by atoms with Crippen molar-refractivity contribution in [3.63, 3.8) is 0 Å². The quantitative estimate of drug-likeness (QED) is 0.639. The normalized spacial score (nSPS) is 16.8. The molecule has 0 saturated carbocycles. The molecule has 1 aliphatic heterocycles. The third kappa shape index (κ3) is 2.86. The molecule has 13 heavy (non-hydrogen) atoms. The highest BCUT2D eigenvalue weighted by molar-refractivity contribution is 5.84. The maximum absolute atomic E-state index is 4.16. The average Bonchev–Trinajstić information content (AvgIpc) is 2.47. The van der Waals surface area contributed by atoms with Crippen LogP contribution in [0.5, 0.6) is 0 Å². The minimum Gasteiger partial charge on any atom is -0.308 e. The molecule has 5 nitrogen and oxygen atoms in total. The minimum atomic E-state index is 0.449. The highest BCUT2D eigenvalue weighted by Gasteiger charge is 2.18. The molecule has 0 atom stereocenters. The van der Waals surface area contributed by atoms with Crippen molar-refractivity contribution >= 4 is 5.84 Å². The van der Waals surface area contributed by atoms with Gasteiger partial charge in [0, 0.05) is 12.5 Å². The summed E-state index contributed by atoms with van der Waals surface area (Å²) in [6, 6.07) is 0. The second kappa shape index (κ2) is 4.43. The monoisotopic (exact) mass is 185 g/mol. The fraction of sp³-hybridized carbons (Fsp3) is 0.875. The van der Waals surface area contributed by atoms with Crippen LogP contribution in [0.25, 0.3) is 0 Å². The van der Waals surface area contributed by atoms with Crippen LogP contribution in [0.2, 0.25) is 0 Å². The van der Waals surface area contributed by atoms with Crippen molar-refractivity contribution in [2.24, 2.45) is 11.0 Å². The molecular formula is C8H19N5. The highest BCUT2D eigenvalue weighted by Crippen LogP contribution is 2.03. The van der Waals surface area contributed by atoms with Crippen molar-refractivity contribution in [3.05, 3.63) is 0 Å². The Morgan fingerprint density at radius 2 is 2.15 bits per heavy atom. The van der Waals surface area contributed by atoms with Gasteiger partial charge < -0.3 is 4.90 Å². The lowest BCUT2D eigenvalue weighted by Crippen LogP contribution is -2.45. The molecule has 5 heteroatoms. The van der Waals surface area contributed by atoms with Gasteiger partial charge in [-0.25, -0.2) is 5.53 Å². The van der Waals surface area contributed by atoms with E-state index in [9.17, 15) is 0 Å². The smallest absolute Gasteiger partial charge is 0.144 e. The van der Waals surface area contributed by atoms with Crippen LogP contribution in [0.15, 0.2) is 5.10 Å². The summed E-state index contributed by atoms with van der Waals surface area (Å²) in [6.07, 6.45) is 0. The summed E-state index contributed by atoms with van der Waals surface area (Å²) in [5.41, 5.74) is 5.77. The Bertz CT molecular complexity index is 187. The number of hydrazone groups is 1. The van der Waals surface area contributed by atoms with Crippen molar-refractivity contribution < 1.29 is 0 Å². The number of rotatable bonds is 4. The molecule has 0 aliphatic carbocycles. The summed E-state index contributed by atoms with van der Waals surface area (Å²) in [5.74, 6) is 1.52. The van der Waals surface area contributed by atoms with Crippen molar-refractivity contribution in [2.75, 3.05) is 27.2 Å². The maximum atomic E-state index is 4.16. The Morgan fingerprint density at radius 1 is 1.46 bits per heavy atom. The molecule has 0 amide bonds. The van der Waals surface area contributed by atoms with Crippen LogP contribution >= 0.6 is 0 Å². The van der Waals surface area contributed by atoms with Crippen molar-refractivity contribution in [1.82, 2.24) is 21.0 Å². The van der Waals surface area contributed by atoms with E-state index in [2.05, 4.69) is 49.0 Å². The average molecular weight is 185 g/mol. The Balaban J connectivity index is 2.38. The Labute approximate surface area is 79.7 Å². The van der Waals surface area contributed by atoms with Gasteiger partial charge >= 0.3 is 0 Å². The molecule has 2 N–H and O–H groups in total. The number of hydrogen-bond acceptors (Lipinski definition) is 5. The molecule has 76 valence electrons. The van der Waals surface area contributed by atoms with Gasteiger partial charge in [0.15, 0.2) is 0 Å². The minimum absolute atomic E-state index is 0.449. The molecule has 1 heterocycles. The third-order valence-corrected chi connectivity index (χ3v) is 1.92. The second-order valence-corrected chi connectivity index (χ2v) is 3.80. The molecule has 1 rings (SSSR count). The number of amidine groups is 1. The zero-order chi connectivity index (χ0) is 9.84. The van der Waals surface area contributed by atoms with E-state index in [1.165, 1.54) is 0 Å². The molecule has 0 aromatic carbocycles. The Hall–Kier alpha value is -0.810. The van der Waals surface area contributed by atoms with Gasteiger partial charge in [-0.05, 0) is 14.1 Å². The summed E-state index contributed by atoms with van der Waals surface area (Å²) in [5, 5.41) is 6.20. The van der Waals surface area contributed by atoms with Gasteiger partial charge in [-0.2, -0.15) is 0 Å². The van der Waals surface area contributed by atoms with E-state index < -0.39 is 0 Å². The molecule has 0 bridgehead atoms. The zero-order valence-corrected chi connectivity index (χ0v) is 8.83. The summed E-state index contributed by atoms with van der Waals surface area (Å²) in [6.45, 7) is 6.23. The first-order valence-corrected chi connectivity index (χ1v) is 4.61. The summed E-state index contributed by atoms with van der Waals surface area (Å²) in [7, 11) is 4.13.